The summed E-state index contributed by atoms with van der Waals surface area (Å²) in [6.07, 6.45) is 6.00. The van der Waals surface area contributed by atoms with Crippen molar-refractivity contribution in [3.63, 3.8) is 0 Å². The zero-order valence-electron chi connectivity index (χ0n) is 12.5. The molecule has 1 aliphatic rings. The normalized spacial score (nSPS) is 20.7. The van der Waals surface area contributed by atoms with Crippen molar-refractivity contribution in [2.75, 3.05) is 6.54 Å². The van der Waals surface area contributed by atoms with E-state index in [-0.39, 0.29) is 17.2 Å². The van der Waals surface area contributed by atoms with Crippen molar-refractivity contribution in [2.45, 2.75) is 65.8 Å². The molecule has 0 bridgehead atoms. The maximum Gasteiger partial charge on any atom is 0.224 e. The minimum absolute atomic E-state index is 0.0474. The number of carbonyl (C=O) groups is 1. The van der Waals surface area contributed by atoms with Crippen LogP contribution in [-0.2, 0) is 4.79 Å². The van der Waals surface area contributed by atoms with Crippen molar-refractivity contribution in [3.8, 4) is 0 Å². The first-order valence-electron chi connectivity index (χ1n) is 7.34. The predicted molar refractivity (Wildman–Crippen MR) is 76.2 cm³/mol. The highest BCUT2D eigenvalue weighted by atomic mass is 16.1. The molecule has 2 unspecified atom stereocenters. The van der Waals surface area contributed by atoms with Gasteiger partial charge in [-0.25, -0.2) is 0 Å². The van der Waals surface area contributed by atoms with Gasteiger partial charge in [-0.05, 0) is 37.5 Å². The van der Waals surface area contributed by atoms with Crippen LogP contribution in [0.15, 0.2) is 0 Å². The van der Waals surface area contributed by atoms with E-state index in [2.05, 4.69) is 33.0 Å². The van der Waals surface area contributed by atoms with Crippen molar-refractivity contribution >= 4 is 5.91 Å². The summed E-state index contributed by atoms with van der Waals surface area (Å²) in [5.41, 5.74) is 5.90. The molecule has 0 heterocycles. The highest BCUT2D eigenvalue weighted by Crippen LogP contribution is 2.28. The van der Waals surface area contributed by atoms with Crippen LogP contribution in [0.25, 0.3) is 0 Å². The second-order valence-corrected chi connectivity index (χ2v) is 7.04. The monoisotopic (exact) mass is 254 g/mol. The van der Waals surface area contributed by atoms with Gasteiger partial charge in [0.05, 0.1) is 5.92 Å². The van der Waals surface area contributed by atoms with Gasteiger partial charge in [-0.15, -0.1) is 0 Å². The highest BCUT2D eigenvalue weighted by Gasteiger charge is 2.27. The fraction of sp³-hybridized carbons (Fsp3) is 0.933. The van der Waals surface area contributed by atoms with Gasteiger partial charge >= 0.3 is 0 Å². The van der Waals surface area contributed by atoms with Crippen LogP contribution in [0.1, 0.15) is 59.8 Å². The lowest BCUT2D eigenvalue weighted by molar-refractivity contribution is -0.126. The molecule has 0 spiro atoms. The third-order valence-electron chi connectivity index (χ3n) is 3.99. The van der Waals surface area contributed by atoms with Crippen molar-refractivity contribution in [1.82, 2.24) is 5.32 Å². The fourth-order valence-corrected chi connectivity index (χ4v) is 2.94. The molecule has 18 heavy (non-hydrogen) atoms. The SMILES string of the molecule is CC(NC(=O)C(CN)CC(C)(C)C)C1CCCC1. The van der Waals surface area contributed by atoms with Crippen molar-refractivity contribution in [1.29, 1.82) is 0 Å². The lowest BCUT2D eigenvalue weighted by atomic mass is 9.84. The van der Waals surface area contributed by atoms with E-state index < -0.39 is 0 Å². The first-order chi connectivity index (χ1) is 8.33. The molecule has 3 heteroatoms. The van der Waals surface area contributed by atoms with Crippen LogP contribution in [0.4, 0.5) is 0 Å². The molecule has 0 aliphatic heterocycles. The maximum atomic E-state index is 12.2. The molecule has 1 aliphatic carbocycles. The van der Waals surface area contributed by atoms with Crippen LogP contribution in [0.5, 0.6) is 0 Å². The molecule has 1 amide bonds. The number of hydrogen-bond acceptors (Lipinski definition) is 2. The molecule has 2 atom stereocenters. The van der Waals surface area contributed by atoms with Gasteiger partial charge in [-0.3, -0.25) is 4.79 Å². The van der Waals surface area contributed by atoms with Gasteiger partial charge in [0.1, 0.15) is 0 Å². The molecule has 0 aromatic heterocycles. The Hall–Kier alpha value is -0.570. The Bertz CT molecular complexity index is 264. The van der Waals surface area contributed by atoms with Gasteiger partial charge in [0.2, 0.25) is 5.91 Å². The zero-order chi connectivity index (χ0) is 13.8. The number of hydrogen-bond donors (Lipinski definition) is 2. The second kappa shape index (κ2) is 6.55. The number of amides is 1. The Labute approximate surface area is 112 Å². The Morgan fingerprint density at radius 2 is 1.89 bits per heavy atom. The predicted octanol–water partition coefficient (Wildman–Crippen LogP) is 2.69. The van der Waals surface area contributed by atoms with Crippen LogP contribution < -0.4 is 11.1 Å². The van der Waals surface area contributed by atoms with E-state index in [1.807, 2.05) is 0 Å². The topological polar surface area (TPSA) is 55.1 Å². The summed E-state index contributed by atoms with van der Waals surface area (Å²) in [6, 6.07) is 0.300. The van der Waals surface area contributed by atoms with Crippen LogP contribution in [0.3, 0.4) is 0 Å². The minimum atomic E-state index is -0.0474. The van der Waals surface area contributed by atoms with E-state index >= 15 is 0 Å². The zero-order valence-corrected chi connectivity index (χ0v) is 12.5. The third kappa shape index (κ3) is 4.97. The lowest BCUT2D eigenvalue weighted by Gasteiger charge is -2.27. The Morgan fingerprint density at radius 3 is 2.33 bits per heavy atom. The standard InChI is InChI=1S/C15H30N2O/c1-11(12-7-5-6-8-12)17-14(18)13(10-16)9-15(2,3)4/h11-13H,5-10,16H2,1-4H3,(H,17,18). The van der Waals surface area contributed by atoms with Crippen molar-refractivity contribution in [2.24, 2.45) is 23.0 Å². The van der Waals surface area contributed by atoms with Crippen molar-refractivity contribution < 1.29 is 4.79 Å². The van der Waals surface area contributed by atoms with Gasteiger partial charge in [-0.1, -0.05) is 33.6 Å². The third-order valence-corrected chi connectivity index (χ3v) is 3.99. The Balaban J connectivity index is 2.46. The summed E-state index contributed by atoms with van der Waals surface area (Å²) in [5.74, 6) is 0.766. The average Bonchev–Trinajstić information content (AvgIpc) is 2.77. The van der Waals surface area contributed by atoms with Gasteiger partial charge < -0.3 is 11.1 Å². The molecule has 0 saturated heterocycles. The molecule has 0 aromatic carbocycles. The molecule has 106 valence electrons. The van der Waals surface area contributed by atoms with Crippen LogP contribution >= 0.6 is 0 Å². The summed E-state index contributed by atoms with van der Waals surface area (Å²) < 4.78 is 0. The van der Waals surface area contributed by atoms with E-state index in [9.17, 15) is 4.79 Å². The molecule has 1 fully saturated rings. The summed E-state index contributed by atoms with van der Waals surface area (Å²) in [6.45, 7) is 9.05. The van der Waals surface area contributed by atoms with E-state index in [1.54, 1.807) is 0 Å². The number of carbonyl (C=O) groups excluding carboxylic acids is 1. The Morgan fingerprint density at radius 1 is 1.33 bits per heavy atom. The molecule has 0 radical (unpaired) electrons. The summed E-state index contributed by atoms with van der Waals surface area (Å²) in [5, 5.41) is 3.18. The first kappa shape index (κ1) is 15.5. The minimum Gasteiger partial charge on any atom is -0.353 e. The lowest BCUT2D eigenvalue weighted by Crippen LogP contribution is -2.43. The molecule has 1 saturated carbocycles. The Kier molecular flexibility index (Phi) is 5.64. The molecule has 3 N–H and O–H groups in total. The van der Waals surface area contributed by atoms with Gasteiger partial charge in [-0.2, -0.15) is 0 Å². The second-order valence-electron chi connectivity index (χ2n) is 7.04. The number of rotatable bonds is 5. The van der Waals surface area contributed by atoms with E-state index in [0.717, 1.165) is 6.42 Å². The molecule has 0 aromatic rings. The van der Waals surface area contributed by atoms with Gasteiger partial charge in [0.25, 0.3) is 0 Å². The smallest absolute Gasteiger partial charge is 0.224 e. The van der Waals surface area contributed by atoms with Crippen LogP contribution in [0.2, 0.25) is 0 Å². The molecular weight excluding hydrogens is 224 g/mol. The van der Waals surface area contributed by atoms with Crippen molar-refractivity contribution in [3.05, 3.63) is 0 Å². The number of nitrogens with two attached hydrogens (primary N) is 1. The molecule has 3 nitrogen and oxygen atoms in total. The summed E-state index contributed by atoms with van der Waals surface area (Å²) >= 11 is 0. The summed E-state index contributed by atoms with van der Waals surface area (Å²) in [7, 11) is 0. The van der Waals surface area contributed by atoms with E-state index in [0.29, 0.717) is 18.5 Å². The summed E-state index contributed by atoms with van der Waals surface area (Å²) in [4.78, 5) is 12.2. The first-order valence-corrected chi connectivity index (χ1v) is 7.34. The quantitative estimate of drug-likeness (QED) is 0.792. The van der Waals surface area contributed by atoms with Crippen LogP contribution in [-0.4, -0.2) is 18.5 Å². The highest BCUT2D eigenvalue weighted by molar-refractivity contribution is 5.79. The molecular formula is C15H30N2O. The van der Waals surface area contributed by atoms with E-state index in [1.165, 1.54) is 25.7 Å². The van der Waals surface area contributed by atoms with E-state index in [4.69, 9.17) is 5.73 Å². The fourth-order valence-electron chi connectivity index (χ4n) is 2.94. The van der Waals surface area contributed by atoms with Gasteiger partial charge in [0.15, 0.2) is 0 Å². The average molecular weight is 254 g/mol. The van der Waals surface area contributed by atoms with Gasteiger partial charge in [0, 0.05) is 12.6 Å². The maximum absolute atomic E-state index is 12.2. The number of nitrogens with one attached hydrogen (secondary N) is 1. The van der Waals surface area contributed by atoms with Crippen LogP contribution in [0, 0.1) is 17.3 Å². The largest absolute Gasteiger partial charge is 0.353 e. The molecule has 1 rings (SSSR count).